The van der Waals surface area contributed by atoms with Gasteiger partial charge in [0.15, 0.2) is 5.11 Å². The van der Waals surface area contributed by atoms with Crippen LogP contribution >= 0.6 is 12.2 Å². The smallest absolute Gasteiger partial charge is 0.335 e. The molecule has 0 spiro atoms. The molecular formula is C26H22N4O3S. The molecule has 0 unspecified atom stereocenters. The molecule has 1 fully saturated rings. The summed E-state index contributed by atoms with van der Waals surface area (Å²) in [5.41, 5.74) is 3.70. The molecule has 2 aromatic heterocycles. The molecule has 5 rings (SSSR count). The predicted octanol–water partition coefficient (Wildman–Crippen LogP) is 4.76. The molecular weight excluding hydrogens is 448 g/mol. The quantitative estimate of drug-likeness (QED) is 0.394. The summed E-state index contributed by atoms with van der Waals surface area (Å²) in [6.07, 6.45) is 3.70. The Bertz CT molecular complexity index is 1340. The first-order chi connectivity index (χ1) is 16.6. The van der Waals surface area contributed by atoms with Gasteiger partial charge in [0, 0.05) is 29.5 Å². The number of carbonyl (C=O) groups is 1. The van der Waals surface area contributed by atoms with Gasteiger partial charge >= 0.3 is 5.97 Å². The molecule has 2 aromatic carbocycles. The second-order valence-electron chi connectivity index (χ2n) is 7.85. The van der Waals surface area contributed by atoms with Gasteiger partial charge in [-0.1, -0.05) is 12.1 Å². The molecule has 170 valence electrons. The van der Waals surface area contributed by atoms with Crippen LogP contribution in [0, 0.1) is 0 Å². The van der Waals surface area contributed by atoms with Crippen molar-refractivity contribution in [1.29, 1.82) is 0 Å². The monoisotopic (exact) mass is 470 g/mol. The molecule has 0 aliphatic carbocycles. The van der Waals surface area contributed by atoms with Crippen molar-refractivity contribution in [2.45, 2.75) is 12.1 Å². The first-order valence-corrected chi connectivity index (χ1v) is 11.1. The van der Waals surface area contributed by atoms with E-state index in [1.165, 1.54) is 0 Å². The largest absolute Gasteiger partial charge is 0.497 e. The highest BCUT2D eigenvalue weighted by molar-refractivity contribution is 7.80. The molecule has 1 aliphatic heterocycles. The molecule has 0 radical (unpaired) electrons. The van der Waals surface area contributed by atoms with Crippen LogP contribution in [0.25, 0.3) is 5.69 Å². The Labute approximate surface area is 202 Å². The number of methoxy groups -OCH3 is 1. The van der Waals surface area contributed by atoms with Crippen LogP contribution in [0.15, 0.2) is 91.3 Å². The van der Waals surface area contributed by atoms with E-state index in [-0.39, 0.29) is 17.6 Å². The van der Waals surface area contributed by atoms with Gasteiger partial charge in [-0.25, -0.2) is 4.79 Å². The summed E-state index contributed by atoms with van der Waals surface area (Å²) in [7, 11) is 1.63. The van der Waals surface area contributed by atoms with Crippen molar-refractivity contribution in [2.75, 3.05) is 12.0 Å². The zero-order valence-corrected chi connectivity index (χ0v) is 19.1. The number of nitrogens with zero attached hydrogens (tertiary/aromatic N) is 3. The van der Waals surface area contributed by atoms with E-state index < -0.39 is 5.97 Å². The molecule has 1 saturated heterocycles. The summed E-state index contributed by atoms with van der Waals surface area (Å²) in [5, 5.41) is 13.5. The number of anilines is 1. The van der Waals surface area contributed by atoms with E-state index in [0.717, 1.165) is 28.5 Å². The summed E-state index contributed by atoms with van der Waals surface area (Å²) >= 11 is 5.80. The number of carboxylic acids is 1. The van der Waals surface area contributed by atoms with E-state index in [4.69, 9.17) is 17.0 Å². The Balaban J connectivity index is 1.65. The number of pyridine rings is 1. The lowest BCUT2D eigenvalue weighted by Crippen LogP contribution is -2.30. The van der Waals surface area contributed by atoms with Crippen molar-refractivity contribution in [1.82, 2.24) is 14.9 Å². The topological polar surface area (TPSA) is 79.6 Å². The van der Waals surface area contributed by atoms with E-state index in [9.17, 15) is 9.90 Å². The summed E-state index contributed by atoms with van der Waals surface area (Å²) in [6.45, 7) is 0. The maximum Gasteiger partial charge on any atom is 0.335 e. The number of rotatable bonds is 6. The third-order valence-corrected chi connectivity index (χ3v) is 6.22. The maximum absolute atomic E-state index is 11.6. The number of hydrogen-bond donors (Lipinski definition) is 2. The minimum atomic E-state index is -0.967. The van der Waals surface area contributed by atoms with E-state index in [1.54, 1.807) is 31.5 Å². The fraction of sp³-hybridized carbons (Fsp3) is 0.115. The van der Waals surface area contributed by atoms with Gasteiger partial charge in [-0.05, 0) is 78.9 Å². The standard InChI is InChI=1S/C26H22N4O3S/c1-33-20-12-10-18(11-13-20)30-24(23(28-26(30)34)21-8-2-3-14-27-21)22-9-5-15-29(22)19-7-4-6-17(16-19)25(31)32/h2-16,23-24H,1H3,(H,28,34)(H,31,32)/t23-,24+/m1/s1. The van der Waals surface area contributed by atoms with Crippen molar-refractivity contribution in [3.05, 3.63) is 108 Å². The van der Waals surface area contributed by atoms with Crippen molar-refractivity contribution < 1.29 is 14.6 Å². The third kappa shape index (κ3) is 3.88. The lowest BCUT2D eigenvalue weighted by atomic mass is 10.0. The van der Waals surface area contributed by atoms with Gasteiger partial charge in [-0.15, -0.1) is 0 Å². The van der Waals surface area contributed by atoms with Gasteiger partial charge in [0.1, 0.15) is 11.8 Å². The number of ether oxygens (including phenoxy) is 1. The molecule has 3 heterocycles. The van der Waals surface area contributed by atoms with Gasteiger partial charge < -0.3 is 24.6 Å². The highest BCUT2D eigenvalue weighted by Gasteiger charge is 2.42. The van der Waals surface area contributed by atoms with E-state index in [2.05, 4.69) is 15.2 Å². The van der Waals surface area contributed by atoms with Gasteiger partial charge in [-0.2, -0.15) is 0 Å². The summed E-state index contributed by atoms with van der Waals surface area (Å²) in [6, 6.07) is 24.0. The van der Waals surface area contributed by atoms with Gasteiger partial charge in [-0.3, -0.25) is 4.98 Å². The molecule has 7 nitrogen and oxygen atoms in total. The second kappa shape index (κ2) is 8.99. The number of thiocarbonyl (C=S) groups is 1. The minimum absolute atomic E-state index is 0.216. The number of hydrogen-bond acceptors (Lipinski definition) is 4. The van der Waals surface area contributed by atoms with Crippen LogP contribution in [-0.2, 0) is 0 Å². The summed E-state index contributed by atoms with van der Waals surface area (Å²) in [4.78, 5) is 18.2. The van der Waals surface area contributed by atoms with Crippen LogP contribution < -0.4 is 15.0 Å². The summed E-state index contributed by atoms with van der Waals surface area (Å²) < 4.78 is 7.33. The average Bonchev–Trinajstić information content (AvgIpc) is 3.49. The van der Waals surface area contributed by atoms with Crippen molar-refractivity contribution in [3.8, 4) is 11.4 Å². The highest BCUT2D eigenvalue weighted by Crippen LogP contribution is 2.42. The van der Waals surface area contributed by atoms with Crippen LogP contribution in [0.5, 0.6) is 5.75 Å². The lowest BCUT2D eigenvalue weighted by molar-refractivity contribution is 0.0697. The molecule has 2 atom stereocenters. The number of aromatic nitrogens is 2. The number of aromatic carboxylic acids is 1. The van der Waals surface area contributed by atoms with Crippen LogP contribution in [-0.4, -0.2) is 32.8 Å². The van der Waals surface area contributed by atoms with E-state index >= 15 is 0 Å². The zero-order chi connectivity index (χ0) is 23.7. The Morgan fingerprint density at radius 3 is 2.56 bits per heavy atom. The molecule has 0 bridgehead atoms. The summed E-state index contributed by atoms with van der Waals surface area (Å²) in [5.74, 6) is -0.209. The fourth-order valence-electron chi connectivity index (χ4n) is 4.34. The molecule has 8 heteroatoms. The Kier molecular flexibility index (Phi) is 5.73. The third-order valence-electron chi connectivity index (χ3n) is 5.90. The molecule has 0 saturated carbocycles. The van der Waals surface area contributed by atoms with E-state index in [1.807, 2.05) is 71.4 Å². The van der Waals surface area contributed by atoms with Gasteiger partial charge in [0.2, 0.25) is 0 Å². The first kappa shape index (κ1) is 21.7. The highest BCUT2D eigenvalue weighted by atomic mass is 32.1. The van der Waals surface area contributed by atoms with Gasteiger partial charge in [0.25, 0.3) is 0 Å². The molecule has 34 heavy (non-hydrogen) atoms. The number of carboxylic acid groups (broad SMARTS) is 1. The SMILES string of the molecule is COc1ccc(N2C(=S)N[C@H](c3ccccn3)[C@@H]2c2cccn2-c2cccc(C(=O)O)c2)cc1. The average molecular weight is 471 g/mol. The lowest BCUT2D eigenvalue weighted by Gasteiger charge is -2.29. The molecule has 0 amide bonds. The van der Waals surface area contributed by atoms with E-state index in [0.29, 0.717) is 5.11 Å². The van der Waals surface area contributed by atoms with Crippen molar-refractivity contribution >= 4 is 29.0 Å². The first-order valence-electron chi connectivity index (χ1n) is 10.7. The Morgan fingerprint density at radius 1 is 1.03 bits per heavy atom. The molecule has 2 N–H and O–H groups in total. The van der Waals surface area contributed by atoms with Crippen LogP contribution in [0.3, 0.4) is 0 Å². The Morgan fingerprint density at radius 2 is 1.85 bits per heavy atom. The number of benzene rings is 2. The maximum atomic E-state index is 11.6. The normalized spacial score (nSPS) is 17.4. The minimum Gasteiger partial charge on any atom is -0.497 e. The molecule has 1 aliphatic rings. The predicted molar refractivity (Wildman–Crippen MR) is 134 cm³/mol. The zero-order valence-electron chi connectivity index (χ0n) is 18.3. The van der Waals surface area contributed by atoms with Crippen LogP contribution in [0.4, 0.5) is 5.69 Å². The molecule has 4 aromatic rings. The second-order valence-corrected chi connectivity index (χ2v) is 8.24. The van der Waals surface area contributed by atoms with Crippen LogP contribution in [0.2, 0.25) is 0 Å². The Hall–Kier alpha value is -4.17. The van der Waals surface area contributed by atoms with Crippen LogP contribution in [0.1, 0.15) is 33.8 Å². The number of nitrogens with one attached hydrogen (secondary N) is 1. The van der Waals surface area contributed by atoms with Gasteiger partial charge in [0.05, 0.1) is 24.4 Å². The fourth-order valence-corrected chi connectivity index (χ4v) is 4.68. The van der Waals surface area contributed by atoms with Crippen molar-refractivity contribution in [2.24, 2.45) is 0 Å². The van der Waals surface area contributed by atoms with Crippen molar-refractivity contribution in [3.63, 3.8) is 0 Å².